The number of amides is 1. The summed E-state index contributed by atoms with van der Waals surface area (Å²) < 4.78 is 5.09. The van der Waals surface area contributed by atoms with Gasteiger partial charge < -0.3 is 15.0 Å². The van der Waals surface area contributed by atoms with Gasteiger partial charge in [0.25, 0.3) is 5.91 Å². The topological polar surface area (TPSA) is 67.3 Å². The number of para-hydroxylation sites is 1. The van der Waals surface area contributed by atoms with E-state index in [1.165, 1.54) is 7.11 Å². The van der Waals surface area contributed by atoms with E-state index in [1.54, 1.807) is 30.3 Å². The van der Waals surface area contributed by atoms with E-state index in [1.807, 2.05) is 42.3 Å². The van der Waals surface area contributed by atoms with Crippen LogP contribution in [0, 0.1) is 0 Å². The minimum Gasteiger partial charge on any atom is -0.495 e. The van der Waals surface area contributed by atoms with E-state index in [0.717, 1.165) is 5.69 Å². The fraction of sp³-hybridized carbons (Fsp3) is 0.105. The van der Waals surface area contributed by atoms with Gasteiger partial charge in [-0.05, 0) is 42.5 Å². The molecule has 0 aliphatic rings. The monoisotopic (exact) mass is 368 g/mol. The number of hydrogen-bond donors (Lipinski definition) is 1. The Morgan fingerprint density at radius 1 is 1.08 bits per heavy atom. The van der Waals surface area contributed by atoms with Crippen LogP contribution in [0.5, 0.6) is 5.75 Å². The van der Waals surface area contributed by atoms with Crippen molar-refractivity contribution in [3.63, 3.8) is 0 Å². The summed E-state index contributed by atoms with van der Waals surface area (Å²) in [4.78, 5) is 14.2. The van der Waals surface area contributed by atoms with Gasteiger partial charge in [0.15, 0.2) is 11.5 Å². The first-order valence-electron chi connectivity index (χ1n) is 7.86. The maximum atomic E-state index is 12.3. The molecule has 3 rings (SSSR count). The number of aromatic nitrogens is 2. The number of nitrogens with one attached hydrogen (secondary N) is 1. The minimum absolute atomic E-state index is 0.210. The number of carbonyl (C=O) groups excluding carboxylic acids is 1. The van der Waals surface area contributed by atoms with E-state index in [0.29, 0.717) is 22.3 Å². The lowest BCUT2D eigenvalue weighted by atomic mass is 10.2. The van der Waals surface area contributed by atoms with Crippen LogP contribution in [0.3, 0.4) is 0 Å². The van der Waals surface area contributed by atoms with Crippen molar-refractivity contribution in [3.8, 4) is 5.75 Å². The first kappa shape index (κ1) is 17.7. The highest BCUT2D eigenvalue weighted by atomic mass is 35.5. The molecule has 3 aromatic rings. The largest absolute Gasteiger partial charge is 0.495 e. The van der Waals surface area contributed by atoms with Crippen LogP contribution in [0.4, 0.5) is 17.2 Å². The molecular formula is C19H17ClN4O2. The first-order chi connectivity index (χ1) is 12.6. The average Bonchev–Trinajstić information content (AvgIpc) is 2.68. The number of carbonyl (C=O) groups is 1. The summed E-state index contributed by atoms with van der Waals surface area (Å²) in [7, 11) is 3.42. The number of hydrogen-bond acceptors (Lipinski definition) is 5. The average molecular weight is 369 g/mol. The van der Waals surface area contributed by atoms with E-state index in [-0.39, 0.29) is 11.6 Å². The molecule has 2 aromatic carbocycles. The number of anilines is 3. The van der Waals surface area contributed by atoms with Gasteiger partial charge in [-0.25, -0.2) is 0 Å². The van der Waals surface area contributed by atoms with Gasteiger partial charge in [0.2, 0.25) is 0 Å². The zero-order valence-electron chi connectivity index (χ0n) is 14.3. The molecule has 0 saturated carbocycles. The minimum atomic E-state index is -0.368. The van der Waals surface area contributed by atoms with E-state index in [4.69, 9.17) is 16.3 Å². The number of methoxy groups -OCH3 is 1. The van der Waals surface area contributed by atoms with Crippen LogP contribution in [-0.2, 0) is 0 Å². The SMILES string of the molecule is COc1ccc(NC(=O)c2ccc(N(C)c3ccccc3)nn2)cc1Cl. The highest BCUT2D eigenvalue weighted by molar-refractivity contribution is 6.32. The predicted octanol–water partition coefficient (Wildman–Crippen LogP) is 4.16. The maximum Gasteiger partial charge on any atom is 0.276 e. The second-order valence-electron chi connectivity index (χ2n) is 5.47. The molecular weight excluding hydrogens is 352 g/mol. The Morgan fingerprint density at radius 3 is 2.46 bits per heavy atom. The molecule has 6 nitrogen and oxygen atoms in total. The third-order valence-electron chi connectivity index (χ3n) is 3.78. The van der Waals surface area contributed by atoms with E-state index < -0.39 is 0 Å². The Balaban J connectivity index is 1.72. The number of nitrogens with zero attached hydrogens (tertiary/aromatic N) is 3. The normalized spacial score (nSPS) is 10.3. The standard InChI is InChI=1S/C19H17ClN4O2/c1-24(14-6-4-3-5-7-14)18-11-9-16(22-23-18)19(25)21-13-8-10-17(26-2)15(20)12-13/h3-12H,1-2H3,(H,21,25). The molecule has 1 amide bonds. The molecule has 7 heteroatoms. The summed E-state index contributed by atoms with van der Waals surface area (Å²) in [6.45, 7) is 0. The quantitative estimate of drug-likeness (QED) is 0.732. The van der Waals surface area contributed by atoms with Crippen LogP contribution in [0.2, 0.25) is 5.02 Å². The van der Waals surface area contributed by atoms with Gasteiger partial charge in [0.05, 0.1) is 12.1 Å². The fourth-order valence-corrected chi connectivity index (χ4v) is 2.61. The molecule has 132 valence electrons. The second-order valence-corrected chi connectivity index (χ2v) is 5.88. The molecule has 0 bridgehead atoms. The van der Waals surface area contributed by atoms with Gasteiger partial charge in [-0.2, -0.15) is 0 Å². The summed E-state index contributed by atoms with van der Waals surface area (Å²) in [5, 5.41) is 11.3. The predicted molar refractivity (Wildman–Crippen MR) is 102 cm³/mol. The maximum absolute atomic E-state index is 12.3. The van der Waals surface area contributed by atoms with Gasteiger partial charge in [0.1, 0.15) is 5.75 Å². The van der Waals surface area contributed by atoms with Crippen molar-refractivity contribution in [2.75, 3.05) is 24.4 Å². The fourth-order valence-electron chi connectivity index (χ4n) is 2.35. The van der Waals surface area contributed by atoms with Crippen LogP contribution in [0.25, 0.3) is 0 Å². The van der Waals surface area contributed by atoms with Crippen molar-refractivity contribution in [1.29, 1.82) is 0 Å². The van der Waals surface area contributed by atoms with Crippen LogP contribution in [0.1, 0.15) is 10.5 Å². The molecule has 26 heavy (non-hydrogen) atoms. The van der Waals surface area contributed by atoms with E-state index in [2.05, 4.69) is 15.5 Å². The summed E-state index contributed by atoms with van der Waals surface area (Å²) in [6.07, 6.45) is 0. The molecule has 0 unspecified atom stereocenters. The Bertz CT molecular complexity index is 901. The smallest absolute Gasteiger partial charge is 0.276 e. The van der Waals surface area contributed by atoms with Crippen LogP contribution < -0.4 is 15.0 Å². The van der Waals surface area contributed by atoms with Gasteiger partial charge in [-0.1, -0.05) is 29.8 Å². The molecule has 0 aliphatic heterocycles. The summed E-state index contributed by atoms with van der Waals surface area (Å²) in [5.41, 5.74) is 1.74. The van der Waals surface area contributed by atoms with Gasteiger partial charge in [0, 0.05) is 18.4 Å². The second kappa shape index (κ2) is 7.84. The molecule has 1 heterocycles. The lowest BCUT2D eigenvalue weighted by molar-refractivity contribution is 0.102. The molecule has 1 aromatic heterocycles. The molecule has 1 N–H and O–H groups in total. The van der Waals surface area contributed by atoms with Crippen LogP contribution in [-0.4, -0.2) is 30.3 Å². The lowest BCUT2D eigenvalue weighted by Gasteiger charge is -2.17. The zero-order valence-corrected chi connectivity index (χ0v) is 15.1. The van der Waals surface area contributed by atoms with Crippen molar-refractivity contribution in [3.05, 3.63) is 71.4 Å². The van der Waals surface area contributed by atoms with Crippen molar-refractivity contribution in [2.45, 2.75) is 0 Å². The number of halogens is 1. The van der Waals surface area contributed by atoms with Crippen LogP contribution in [0.15, 0.2) is 60.7 Å². The number of ether oxygens (including phenoxy) is 1. The highest BCUT2D eigenvalue weighted by Gasteiger charge is 2.12. The van der Waals surface area contributed by atoms with Crippen LogP contribution >= 0.6 is 11.6 Å². The Morgan fingerprint density at radius 2 is 1.85 bits per heavy atom. The number of benzene rings is 2. The van der Waals surface area contributed by atoms with Gasteiger partial charge in [-0.15, -0.1) is 10.2 Å². The molecule has 0 radical (unpaired) electrons. The van der Waals surface area contributed by atoms with Gasteiger partial charge in [-0.3, -0.25) is 4.79 Å². The van der Waals surface area contributed by atoms with Gasteiger partial charge >= 0.3 is 0 Å². The van der Waals surface area contributed by atoms with Crippen molar-refractivity contribution < 1.29 is 9.53 Å². The highest BCUT2D eigenvalue weighted by Crippen LogP contribution is 2.27. The third-order valence-corrected chi connectivity index (χ3v) is 4.08. The Labute approximate surface area is 156 Å². The molecule has 0 atom stereocenters. The molecule has 0 aliphatic carbocycles. The molecule has 0 saturated heterocycles. The summed E-state index contributed by atoms with van der Waals surface area (Å²) >= 11 is 6.06. The van der Waals surface area contributed by atoms with E-state index in [9.17, 15) is 4.79 Å². The third kappa shape index (κ3) is 3.92. The molecule has 0 fully saturated rings. The summed E-state index contributed by atoms with van der Waals surface area (Å²) in [5.74, 6) is 0.811. The lowest BCUT2D eigenvalue weighted by Crippen LogP contribution is -2.16. The zero-order chi connectivity index (χ0) is 18.5. The Kier molecular flexibility index (Phi) is 5.34. The van der Waals surface area contributed by atoms with E-state index >= 15 is 0 Å². The van der Waals surface area contributed by atoms with Crippen molar-refractivity contribution in [1.82, 2.24) is 10.2 Å². The van der Waals surface area contributed by atoms with Crippen molar-refractivity contribution in [2.24, 2.45) is 0 Å². The van der Waals surface area contributed by atoms with Crippen molar-refractivity contribution >= 4 is 34.7 Å². The number of rotatable bonds is 5. The first-order valence-corrected chi connectivity index (χ1v) is 8.23. The Hall–Kier alpha value is -3.12. The summed E-state index contributed by atoms with van der Waals surface area (Å²) in [6, 6.07) is 18.1. The molecule has 0 spiro atoms.